The molecule has 2 heterocycles. The van der Waals surface area contributed by atoms with Gasteiger partial charge in [-0.05, 0) is 47.0 Å². The summed E-state index contributed by atoms with van der Waals surface area (Å²) in [5, 5.41) is 9.93. The molecule has 5 rings (SSSR count). The first-order valence-electron chi connectivity index (χ1n) is 12.6. The van der Waals surface area contributed by atoms with E-state index in [1.807, 2.05) is 36.4 Å². The molecule has 40 heavy (non-hydrogen) atoms. The minimum Gasteiger partial charge on any atom is -0.469 e. The van der Waals surface area contributed by atoms with Gasteiger partial charge in [-0.25, -0.2) is 9.69 Å². The maximum atomic E-state index is 14.3. The number of methoxy groups -OCH3 is 1. The molecule has 0 saturated carbocycles. The van der Waals surface area contributed by atoms with E-state index in [2.05, 4.69) is 11.0 Å². The average molecular weight is 577 g/mol. The molecule has 2 saturated heterocycles. The summed E-state index contributed by atoms with van der Waals surface area (Å²) in [5.74, 6) is -1.03. The van der Waals surface area contributed by atoms with E-state index in [9.17, 15) is 19.6 Å². The van der Waals surface area contributed by atoms with Crippen LogP contribution >= 0.6 is 23.2 Å². The number of hydrogen-bond acceptors (Lipinski definition) is 6. The number of urea groups is 1. The van der Waals surface area contributed by atoms with Crippen LogP contribution in [-0.4, -0.2) is 60.5 Å². The smallest absolute Gasteiger partial charge is 0.332 e. The van der Waals surface area contributed by atoms with Crippen LogP contribution in [0.1, 0.15) is 28.2 Å². The quantitative estimate of drug-likeness (QED) is 0.302. The Labute approximate surface area is 242 Å². The molecule has 8 nitrogen and oxygen atoms in total. The molecule has 2 unspecified atom stereocenters. The van der Waals surface area contributed by atoms with Gasteiger partial charge in [-0.15, -0.1) is 0 Å². The van der Waals surface area contributed by atoms with Crippen LogP contribution in [0.5, 0.6) is 0 Å². The molecule has 1 spiro atoms. The Morgan fingerprint density at radius 3 is 2.25 bits per heavy atom. The van der Waals surface area contributed by atoms with Crippen molar-refractivity contribution in [2.45, 2.75) is 24.4 Å². The van der Waals surface area contributed by atoms with Crippen molar-refractivity contribution < 1.29 is 19.1 Å². The van der Waals surface area contributed by atoms with Crippen LogP contribution in [0.2, 0.25) is 10.0 Å². The van der Waals surface area contributed by atoms with Crippen molar-refractivity contribution in [2.75, 3.05) is 32.1 Å². The second-order valence-electron chi connectivity index (χ2n) is 10.1. The summed E-state index contributed by atoms with van der Waals surface area (Å²) >= 11 is 12.4. The standard InChI is InChI=1S/C30H26Cl2N4O4/c1-34-29(39)36(25-13-23(31)12-24(32)14-25)28(38)30(34)18-35(17-26(30)22-9-7-20(15-33)8-10-22)16-21-5-3-19(4-6-21)11-27(37)40-2/h3-10,12-14,26H,11,16-18H2,1-2H3. The van der Waals surface area contributed by atoms with Crippen LogP contribution in [-0.2, 0) is 27.3 Å². The third kappa shape index (κ3) is 4.92. The third-order valence-corrected chi connectivity index (χ3v) is 8.12. The zero-order valence-electron chi connectivity index (χ0n) is 21.9. The van der Waals surface area contributed by atoms with E-state index in [1.54, 1.807) is 37.4 Å². The Balaban J connectivity index is 1.50. The normalized spacial score (nSPS) is 20.8. The molecule has 3 aromatic carbocycles. The van der Waals surface area contributed by atoms with Crippen molar-refractivity contribution in [1.29, 1.82) is 5.26 Å². The number of nitrogens with zero attached hydrogens (tertiary/aromatic N) is 4. The molecule has 0 N–H and O–H groups in total. The van der Waals surface area contributed by atoms with Crippen LogP contribution < -0.4 is 4.90 Å². The number of imide groups is 1. The first-order valence-corrected chi connectivity index (χ1v) is 13.4. The van der Waals surface area contributed by atoms with Crippen molar-refractivity contribution >= 4 is 46.8 Å². The summed E-state index contributed by atoms with van der Waals surface area (Å²) in [6, 6.07) is 21.1. The van der Waals surface area contributed by atoms with Gasteiger partial charge >= 0.3 is 12.0 Å². The predicted molar refractivity (Wildman–Crippen MR) is 151 cm³/mol. The van der Waals surface area contributed by atoms with Gasteiger partial charge in [0, 0.05) is 42.6 Å². The zero-order valence-corrected chi connectivity index (χ0v) is 23.4. The highest BCUT2D eigenvalue weighted by Crippen LogP contribution is 2.47. The molecule has 0 bridgehead atoms. The molecule has 2 aliphatic rings. The number of hydrogen-bond donors (Lipinski definition) is 0. The maximum Gasteiger partial charge on any atom is 0.332 e. The lowest BCUT2D eigenvalue weighted by atomic mass is 9.80. The fraction of sp³-hybridized carbons (Fsp3) is 0.267. The molecule has 204 valence electrons. The molecule has 0 aliphatic carbocycles. The van der Waals surface area contributed by atoms with Crippen molar-refractivity contribution in [2.24, 2.45) is 0 Å². The monoisotopic (exact) mass is 576 g/mol. The Bertz CT molecular complexity index is 1500. The third-order valence-electron chi connectivity index (χ3n) is 7.69. The van der Waals surface area contributed by atoms with E-state index < -0.39 is 11.6 Å². The largest absolute Gasteiger partial charge is 0.469 e. The van der Waals surface area contributed by atoms with Crippen molar-refractivity contribution in [3.05, 3.63) is 99.0 Å². The van der Waals surface area contributed by atoms with E-state index in [-0.39, 0.29) is 24.2 Å². The van der Waals surface area contributed by atoms with Crippen molar-refractivity contribution in [3.8, 4) is 6.07 Å². The molecule has 0 aromatic heterocycles. The number of likely N-dealkylation sites (tertiary alicyclic amines) is 1. The first-order chi connectivity index (χ1) is 19.2. The highest BCUT2D eigenvalue weighted by molar-refractivity contribution is 6.35. The lowest BCUT2D eigenvalue weighted by Crippen LogP contribution is -2.53. The topological polar surface area (TPSA) is 94.0 Å². The fourth-order valence-electron chi connectivity index (χ4n) is 5.67. The van der Waals surface area contributed by atoms with E-state index >= 15 is 0 Å². The number of esters is 1. The van der Waals surface area contributed by atoms with Gasteiger partial charge in [0.1, 0.15) is 5.54 Å². The number of carbonyl (C=O) groups is 3. The minimum atomic E-state index is -1.19. The highest BCUT2D eigenvalue weighted by Gasteiger charge is 2.64. The lowest BCUT2D eigenvalue weighted by molar-refractivity contribution is -0.139. The second kappa shape index (κ2) is 10.9. The Kier molecular flexibility index (Phi) is 7.56. The van der Waals surface area contributed by atoms with Crippen molar-refractivity contribution in [3.63, 3.8) is 0 Å². The van der Waals surface area contributed by atoms with Crippen LogP contribution in [0, 0.1) is 11.3 Å². The zero-order chi connectivity index (χ0) is 28.6. The molecular weight excluding hydrogens is 551 g/mol. The van der Waals surface area contributed by atoms with Crippen LogP contribution in [0.3, 0.4) is 0 Å². The predicted octanol–water partition coefficient (Wildman–Crippen LogP) is 5.02. The summed E-state index contributed by atoms with van der Waals surface area (Å²) in [7, 11) is 3.01. The van der Waals surface area contributed by atoms with E-state index in [0.717, 1.165) is 21.6 Å². The van der Waals surface area contributed by atoms with Crippen LogP contribution in [0.15, 0.2) is 66.7 Å². The average Bonchev–Trinajstić information content (AvgIpc) is 3.40. The molecule has 2 aliphatic heterocycles. The van der Waals surface area contributed by atoms with Gasteiger partial charge in [-0.1, -0.05) is 59.6 Å². The Morgan fingerprint density at radius 2 is 1.65 bits per heavy atom. The Hall–Kier alpha value is -3.90. The molecule has 2 fully saturated rings. The van der Waals surface area contributed by atoms with Gasteiger partial charge in [0.25, 0.3) is 5.91 Å². The Morgan fingerprint density at radius 1 is 1.02 bits per heavy atom. The van der Waals surface area contributed by atoms with E-state index in [0.29, 0.717) is 40.9 Å². The number of nitriles is 1. The van der Waals surface area contributed by atoms with Gasteiger partial charge in [0.2, 0.25) is 0 Å². The van der Waals surface area contributed by atoms with Gasteiger partial charge in [0.05, 0.1) is 30.9 Å². The molecule has 2 atom stereocenters. The minimum absolute atomic E-state index is 0.190. The summed E-state index contributed by atoms with van der Waals surface area (Å²) < 4.78 is 4.75. The maximum absolute atomic E-state index is 14.3. The number of halogens is 2. The van der Waals surface area contributed by atoms with Crippen molar-refractivity contribution in [1.82, 2.24) is 9.80 Å². The molecule has 3 aromatic rings. The number of carbonyl (C=O) groups excluding carboxylic acids is 3. The fourth-order valence-corrected chi connectivity index (χ4v) is 6.19. The van der Waals surface area contributed by atoms with Gasteiger partial charge in [0.15, 0.2) is 0 Å². The highest BCUT2D eigenvalue weighted by atomic mass is 35.5. The molecular formula is C30H26Cl2N4O4. The summed E-state index contributed by atoms with van der Waals surface area (Å²) in [5.41, 5.74) is 2.34. The summed E-state index contributed by atoms with van der Waals surface area (Å²) in [6.07, 6.45) is 0.190. The van der Waals surface area contributed by atoms with Crippen LogP contribution in [0.25, 0.3) is 0 Å². The van der Waals surface area contributed by atoms with Gasteiger partial charge < -0.3 is 9.64 Å². The molecule has 10 heteroatoms. The van der Waals surface area contributed by atoms with Gasteiger partial charge in [-0.2, -0.15) is 5.26 Å². The molecule has 3 amide bonds. The van der Waals surface area contributed by atoms with Crippen LogP contribution in [0.4, 0.5) is 10.5 Å². The number of rotatable bonds is 6. The van der Waals surface area contributed by atoms with E-state index in [4.69, 9.17) is 27.9 Å². The first kappa shape index (κ1) is 27.7. The number of anilines is 1. The van der Waals surface area contributed by atoms with Gasteiger partial charge in [-0.3, -0.25) is 14.5 Å². The number of ether oxygens (including phenoxy) is 1. The second-order valence-corrected chi connectivity index (χ2v) is 10.9. The SMILES string of the molecule is COC(=O)Cc1ccc(CN2CC(c3ccc(C#N)cc3)C3(C2)C(=O)N(c2cc(Cl)cc(Cl)c2)C(=O)N3C)cc1. The number of likely N-dealkylation sites (N-methyl/N-ethyl adjacent to an activating group) is 1. The lowest BCUT2D eigenvalue weighted by Gasteiger charge is -2.34. The summed E-state index contributed by atoms with van der Waals surface area (Å²) in [6.45, 7) is 1.34. The summed E-state index contributed by atoms with van der Waals surface area (Å²) in [4.78, 5) is 44.4. The van der Waals surface area contributed by atoms with E-state index in [1.165, 1.54) is 12.0 Å². The number of benzene rings is 3. The number of amides is 3. The molecule has 0 radical (unpaired) electrons.